The molecule has 2 aromatic rings. The monoisotopic (exact) mass is 596 g/mol. The first-order valence-corrected chi connectivity index (χ1v) is 15.8. The first-order valence-electron chi connectivity index (χ1n) is 12.5. The molecule has 2 heterocycles. The Bertz CT molecular complexity index is 1730. The minimum absolute atomic E-state index is 0.0158. The van der Waals surface area contributed by atoms with E-state index >= 15 is 0 Å². The molecule has 0 aromatic heterocycles. The van der Waals surface area contributed by atoms with E-state index in [0.29, 0.717) is 6.42 Å². The van der Waals surface area contributed by atoms with Crippen molar-refractivity contribution in [1.82, 2.24) is 4.90 Å². The molecule has 1 amide bonds. The predicted octanol–water partition coefficient (Wildman–Crippen LogP) is 2.63. The maximum absolute atomic E-state index is 14.6. The molecular weight excluding hydrogens is 573 g/mol. The number of hydrogen-bond acceptors (Lipinski definition) is 7. The van der Waals surface area contributed by atoms with Gasteiger partial charge in [0.15, 0.2) is 29.2 Å². The van der Waals surface area contributed by atoms with Crippen molar-refractivity contribution in [2.45, 2.75) is 36.7 Å². The summed E-state index contributed by atoms with van der Waals surface area (Å²) in [6.07, 6.45) is 3.05. The van der Waals surface area contributed by atoms with Crippen molar-refractivity contribution in [3.05, 3.63) is 53.3 Å². The summed E-state index contributed by atoms with van der Waals surface area (Å²) in [6, 6.07) is 4.86. The summed E-state index contributed by atoms with van der Waals surface area (Å²) in [5, 5.41) is 2.75. The van der Waals surface area contributed by atoms with Gasteiger partial charge in [-0.3, -0.25) is 14.3 Å². The number of amides is 1. The van der Waals surface area contributed by atoms with Gasteiger partial charge >= 0.3 is 0 Å². The van der Waals surface area contributed by atoms with Crippen molar-refractivity contribution in [2.24, 2.45) is 28.1 Å². The Morgan fingerprint density at radius 2 is 1.80 bits per heavy atom. The first-order chi connectivity index (χ1) is 18.7. The number of Topliss-reactive ketones (excluding diaryl/α,β-unsaturated/α-hetero) is 1. The molecule has 0 radical (unpaired) electrons. The van der Waals surface area contributed by atoms with Crippen molar-refractivity contribution in [3.8, 4) is 0 Å². The third-order valence-corrected chi connectivity index (χ3v) is 10.1. The fourth-order valence-corrected chi connectivity index (χ4v) is 8.36. The zero-order valence-electron chi connectivity index (χ0n) is 20.9. The standard InChI is InChI=1S/C25H23F3N4O6S2/c1-39(35,36)30-14-5-7-16-17(9-14)40(37,38)31-24(29-16)19-23(33)18-11-2-3-12(8-11)22(18)32(25(19)34)10-13-4-6-15(26)21(28)20(13)27/h4-7,9,11-12,18-19,22,30H,2-3,8,10H2,1H3,(H,29,31)/t11-,12+,18+,19?,22-/m0/s1. The molecule has 2 N–H and O–H groups in total. The number of anilines is 2. The van der Waals surface area contributed by atoms with Gasteiger partial charge in [-0.05, 0) is 55.4 Å². The van der Waals surface area contributed by atoms with Crippen LogP contribution in [0, 0.1) is 41.1 Å². The zero-order chi connectivity index (χ0) is 28.7. The van der Waals surface area contributed by atoms with E-state index in [9.17, 15) is 39.6 Å². The van der Waals surface area contributed by atoms with Crippen LogP contribution >= 0.6 is 0 Å². The highest BCUT2D eigenvalue weighted by Crippen LogP contribution is 2.54. The Balaban J connectivity index is 1.39. The molecule has 10 nitrogen and oxygen atoms in total. The number of sulfonamides is 2. The molecule has 4 aliphatic rings. The Hall–Kier alpha value is -3.46. The molecule has 3 fully saturated rings. The number of amidine groups is 1. The van der Waals surface area contributed by atoms with Crippen molar-refractivity contribution >= 4 is 48.9 Å². The number of nitrogens with zero attached hydrogens (tertiary/aromatic N) is 2. The van der Waals surface area contributed by atoms with Gasteiger partial charge in [0.25, 0.3) is 10.0 Å². The third-order valence-electron chi connectivity index (χ3n) is 8.15. The van der Waals surface area contributed by atoms with Gasteiger partial charge in [0.2, 0.25) is 15.9 Å². The van der Waals surface area contributed by atoms with E-state index in [1.54, 1.807) is 0 Å². The van der Waals surface area contributed by atoms with E-state index in [2.05, 4.69) is 14.4 Å². The van der Waals surface area contributed by atoms with Crippen LogP contribution in [0.25, 0.3) is 0 Å². The van der Waals surface area contributed by atoms with Crippen molar-refractivity contribution < 1.29 is 39.6 Å². The van der Waals surface area contributed by atoms with Crippen molar-refractivity contribution in [2.75, 3.05) is 16.3 Å². The van der Waals surface area contributed by atoms with E-state index in [4.69, 9.17) is 0 Å². The number of hydrogen-bond donors (Lipinski definition) is 2. The second-order valence-corrected chi connectivity index (χ2v) is 14.0. The second-order valence-electron chi connectivity index (χ2n) is 10.6. The number of carbonyl (C=O) groups excluding carboxylic acids is 2. The number of piperidine rings is 1. The van der Waals surface area contributed by atoms with Gasteiger partial charge in [0.1, 0.15) is 10.7 Å². The highest BCUT2D eigenvalue weighted by molar-refractivity contribution is 7.92. The van der Waals surface area contributed by atoms with Gasteiger partial charge in [0.05, 0.1) is 11.9 Å². The average Bonchev–Trinajstić information content (AvgIpc) is 3.48. The lowest BCUT2D eigenvalue weighted by Gasteiger charge is -2.45. The maximum Gasteiger partial charge on any atom is 0.286 e. The zero-order valence-corrected chi connectivity index (χ0v) is 22.5. The molecule has 40 heavy (non-hydrogen) atoms. The minimum atomic E-state index is -4.47. The number of likely N-dealkylation sites (tertiary alicyclic amines) is 1. The van der Waals surface area contributed by atoms with Crippen LogP contribution in [0.5, 0.6) is 0 Å². The molecule has 15 heteroatoms. The summed E-state index contributed by atoms with van der Waals surface area (Å²) >= 11 is 0. The van der Waals surface area contributed by atoms with Crippen LogP contribution in [0.15, 0.2) is 39.6 Å². The predicted molar refractivity (Wildman–Crippen MR) is 137 cm³/mol. The van der Waals surface area contributed by atoms with Crippen LogP contribution in [0.2, 0.25) is 0 Å². The average molecular weight is 597 g/mol. The van der Waals surface area contributed by atoms with Crippen molar-refractivity contribution in [3.63, 3.8) is 0 Å². The van der Waals surface area contributed by atoms with Gasteiger partial charge in [-0.1, -0.05) is 6.07 Å². The number of fused-ring (bicyclic) bond motifs is 6. The molecule has 0 spiro atoms. The number of rotatable bonds is 5. The molecule has 1 saturated heterocycles. The molecule has 6 rings (SSSR count). The van der Waals surface area contributed by atoms with Gasteiger partial charge in [0, 0.05) is 29.8 Å². The SMILES string of the molecule is CS(=O)(=O)Nc1ccc2c(c1)S(=O)(=O)N=C(C1C(=O)[C@@H]3[C@H]4CC[C@H](C4)[C@@H]3N(Cc3ccc(F)c(F)c3F)C1=O)N2. The first kappa shape index (κ1) is 26.7. The number of halogens is 3. The summed E-state index contributed by atoms with van der Waals surface area (Å²) in [5.41, 5.74) is -0.318. The lowest BCUT2D eigenvalue weighted by atomic mass is 9.73. The Labute approximate surface area is 227 Å². The van der Waals surface area contributed by atoms with E-state index in [1.807, 2.05) is 0 Å². The van der Waals surface area contributed by atoms with E-state index in [0.717, 1.165) is 37.3 Å². The number of carbonyl (C=O) groups is 2. The molecule has 2 saturated carbocycles. The van der Waals surface area contributed by atoms with Crippen LogP contribution in [-0.4, -0.2) is 51.6 Å². The van der Waals surface area contributed by atoms with Crippen LogP contribution in [0.3, 0.4) is 0 Å². The number of nitrogens with one attached hydrogen (secondary N) is 2. The van der Waals surface area contributed by atoms with E-state index in [1.165, 1.54) is 17.0 Å². The van der Waals surface area contributed by atoms with Gasteiger partial charge < -0.3 is 10.2 Å². The highest BCUT2D eigenvalue weighted by atomic mass is 32.2. The largest absolute Gasteiger partial charge is 0.341 e. The normalized spacial score (nSPS) is 28.6. The fraction of sp³-hybridized carbons (Fsp3) is 0.400. The lowest BCUT2D eigenvalue weighted by molar-refractivity contribution is -0.153. The Morgan fingerprint density at radius 3 is 2.52 bits per heavy atom. The van der Waals surface area contributed by atoms with E-state index in [-0.39, 0.29) is 33.7 Å². The minimum Gasteiger partial charge on any atom is -0.341 e. The molecule has 2 aliphatic heterocycles. The van der Waals surface area contributed by atoms with Crippen LogP contribution < -0.4 is 10.0 Å². The second kappa shape index (κ2) is 9.03. The van der Waals surface area contributed by atoms with Crippen molar-refractivity contribution in [1.29, 1.82) is 0 Å². The Kier molecular flexibility index (Phi) is 6.04. The third kappa shape index (κ3) is 4.26. The van der Waals surface area contributed by atoms with Gasteiger partial charge in [-0.25, -0.2) is 21.6 Å². The molecule has 5 atom stereocenters. The number of benzene rings is 2. The highest BCUT2D eigenvalue weighted by Gasteiger charge is 2.60. The molecule has 2 bridgehead atoms. The quantitative estimate of drug-likeness (QED) is 0.399. The topological polar surface area (TPSA) is 142 Å². The molecule has 212 valence electrons. The molecule has 1 unspecified atom stereocenters. The van der Waals surface area contributed by atoms with Crippen LogP contribution in [0.4, 0.5) is 24.5 Å². The summed E-state index contributed by atoms with van der Waals surface area (Å²) < 4.78 is 97.5. The molecule has 2 aliphatic carbocycles. The fourth-order valence-electron chi connectivity index (χ4n) is 6.62. The molecule has 2 aromatic carbocycles. The lowest BCUT2D eigenvalue weighted by Crippen LogP contribution is -2.61. The van der Waals surface area contributed by atoms with E-state index < -0.39 is 79.4 Å². The smallest absolute Gasteiger partial charge is 0.286 e. The number of ketones is 1. The van der Waals surface area contributed by atoms with Crippen LogP contribution in [0.1, 0.15) is 24.8 Å². The Morgan fingerprint density at radius 1 is 1.07 bits per heavy atom. The molecular formula is C25H23F3N4O6S2. The summed E-state index contributed by atoms with van der Waals surface area (Å²) in [4.78, 5) is 28.6. The van der Waals surface area contributed by atoms with Crippen LogP contribution in [-0.2, 0) is 36.2 Å². The summed E-state index contributed by atoms with van der Waals surface area (Å²) in [6.45, 7) is -0.437. The van der Waals surface area contributed by atoms with Gasteiger partial charge in [-0.15, -0.1) is 4.40 Å². The summed E-state index contributed by atoms with van der Waals surface area (Å²) in [7, 11) is -8.18. The summed E-state index contributed by atoms with van der Waals surface area (Å²) in [5.74, 6) is -8.63. The maximum atomic E-state index is 14.6. The van der Waals surface area contributed by atoms with Gasteiger partial charge in [-0.2, -0.15) is 8.42 Å².